The van der Waals surface area contributed by atoms with Crippen molar-refractivity contribution in [1.82, 2.24) is 20.6 Å². The number of aliphatic hydroxyl groups is 10. The summed E-state index contributed by atoms with van der Waals surface area (Å²) in [5.74, 6) is 1.39. The molecule has 2 atom stereocenters. The van der Waals surface area contributed by atoms with Crippen LogP contribution in [0.1, 0.15) is 75.4 Å². The third-order valence-corrected chi connectivity index (χ3v) is 9.68. The van der Waals surface area contributed by atoms with E-state index >= 15 is 0 Å². The van der Waals surface area contributed by atoms with Crippen molar-refractivity contribution in [2.75, 3.05) is 85.5 Å². The molecule has 1 aliphatic rings. The molecule has 2 heterocycles. The van der Waals surface area contributed by atoms with Crippen LogP contribution >= 0.6 is 56.7 Å². The Morgan fingerprint density at radius 1 is 0.829 bits per heavy atom. The molecular weight excluding hydrogens is 1260 g/mol. The topological polar surface area (TPSA) is 447 Å². The van der Waals surface area contributed by atoms with Crippen molar-refractivity contribution < 1.29 is 84.3 Å². The molecule has 1 saturated heterocycles. The number of esters is 1. The molecule has 1 aliphatic heterocycles. The summed E-state index contributed by atoms with van der Waals surface area (Å²) in [7, 11) is 1.44. The number of rotatable bonds is 15. The maximum Gasteiger partial charge on any atom is 0.428 e. The first-order valence-electron chi connectivity index (χ1n) is 22.4. The van der Waals surface area contributed by atoms with Crippen molar-refractivity contribution in [3.63, 3.8) is 0 Å². The van der Waals surface area contributed by atoms with Crippen LogP contribution in [0.5, 0.6) is 0 Å². The number of hydrazine groups is 1. The highest BCUT2D eigenvalue weighted by molar-refractivity contribution is 9.10. The molecule has 0 radical (unpaired) electrons. The minimum atomic E-state index is -1.76. The predicted octanol–water partition coefficient (Wildman–Crippen LogP) is 3.27. The Hall–Kier alpha value is -5.19. The van der Waals surface area contributed by atoms with Gasteiger partial charge in [-0.05, 0) is 71.4 Å². The van der Waals surface area contributed by atoms with Crippen LogP contribution in [0.15, 0.2) is 68.3 Å². The fraction of sp³-hybridized carbons (Fsp3) is 0.540. The van der Waals surface area contributed by atoms with Gasteiger partial charge in [0.25, 0.3) is 5.69 Å². The number of ether oxygens (including phenoxy) is 5. The van der Waals surface area contributed by atoms with Gasteiger partial charge in [-0.25, -0.2) is 25.2 Å². The number of benzene rings is 2. The van der Waals surface area contributed by atoms with Gasteiger partial charge in [-0.2, -0.15) is 10.2 Å². The summed E-state index contributed by atoms with van der Waals surface area (Å²) in [4.78, 5) is 28.0. The van der Waals surface area contributed by atoms with Gasteiger partial charge in [0.1, 0.15) is 41.7 Å². The molecule has 18 N–H and O–H groups in total. The lowest BCUT2D eigenvalue weighted by atomic mass is 10.1. The molecule has 1 aromatic heterocycles. The molecule has 470 valence electrons. The zero-order chi connectivity index (χ0) is 59.6. The van der Waals surface area contributed by atoms with E-state index in [4.69, 9.17) is 90.0 Å². The number of anilines is 1. The first kappa shape index (κ1) is 90.6. The van der Waals surface area contributed by atoms with Gasteiger partial charge < -0.3 is 86.2 Å². The van der Waals surface area contributed by atoms with Crippen molar-refractivity contribution >= 4 is 91.7 Å². The van der Waals surface area contributed by atoms with E-state index in [1.807, 2.05) is 41.8 Å². The Morgan fingerprint density at radius 3 is 1.55 bits per heavy atom. The van der Waals surface area contributed by atoms with Gasteiger partial charge in [0.15, 0.2) is 0 Å². The average Bonchev–Trinajstić information content (AvgIpc) is 3.73. The van der Waals surface area contributed by atoms with E-state index in [2.05, 4.69) is 57.2 Å². The molecule has 0 aliphatic carbocycles. The molecule has 82 heavy (non-hydrogen) atoms. The van der Waals surface area contributed by atoms with E-state index in [-0.39, 0.29) is 128 Å². The number of aromatic nitrogens is 2. The first-order valence-corrected chi connectivity index (χ1v) is 24.0. The summed E-state index contributed by atoms with van der Waals surface area (Å²) in [6.07, 6.45) is -0.725. The lowest BCUT2D eigenvalue weighted by Gasteiger charge is -2.38. The zero-order valence-corrected chi connectivity index (χ0v) is 49.2. The Bertz CT molecular complexity index is 2350. The van der Waals surface area contributed by atoms with Crippen LogP contribution < -0.4 is 28.2 Å². The third kappa shape index (κ3) is 36.4. The molecule has 1 amide bonds. The van der Waals surface area contributed by atoms with Crippen molar-refractivity contribution in [2.24, 2.45) is 16.7 Å². The largest absolute Gasteiger partial charge is 0.506 e. The molecule has 32 heteroatoms. The van der Waals surface area contributed by atoms with Gasteiger partial charge in [-0.1, -0.05) is 78.4 Å². The second kappa shape index (κ2) is 47.2. The fourth-order valence-corrected chi connectivity index (χ4v) is 5.30. The molecule has 0 bridgehead atoms. The van der Waals surface area contributed by atoms with E-state index < -0.39 is 61.3 Å². The lowest BCUT2D eigenvalue weighted by Crippen LogP contribution is -2.56. The number of nitrogens with zero attached hydrogens (tertiary/aromatic N) is 6. The summed E-state index contributed by atoms with van der Waals surface area (Å²) >= 11 is 6.65. The SMILES string of the molecule is C.C.C.CC(C)(C)OC(=O)CN.CC(C)(C)OC(=O)NN=C(CO)CO.Cl.Cl.NNC(CO)CO.OCC1(O)COC(O)(CO)CO1.[C-]#[N+]/C(C#N)=C(/OC)c1ccc(Br)cc1.[C-]#[N+]c1c(-c2ccc(Br)cc2)nn(C(CO)CO)c1N. The number of methoxy groups -OCH3 is 1. The fourth-order valence-electron chi connectivity index (χ4n) is 4.77. The van der Waals surface area contributed by atoms with E-state index in [1.165, 1.54) is 11.8 Å². The number of hydrazone groups is 1. The van der Waals surface area contributed by atoms with Crippen LogP contribution in [0, 0.1) is 24.5 Å². The number of halogens is 4. The molecule has 0 saturated carbocycles. The monoisotopic (exact) mass is 1340 g/mol. The summed E-state index contributed by atoms with van der Waals surface area (Å²) < 4.78 is 27.3. The number of hydrogen-bond donors (Lipinski definition) is 15. The molecule has 2 unspecified atom stereocenters. The minimum Gasteiger partial charge on any atom is -0.506 e. The zero-order valence-electron chi connectivity index (χ0n) is 44.4. The Labute approximate surface area is 509 Å². The van der Waals surface area contributed by atoms with Gasteiger partial charge in [-0.3, -0.25) is 20.7 Å². The highest BCUT2D eigenvalue weighted by atomic mass is 79.9. The number of nitrogen functional groups attached to an aromatic ring is 1. The smallest absolute Gasteiger partial charge is 0.428 e. The second-order valence-corrected chi connectivity index (χ2v) is 19.0. The highest BCUT2D eigenvalue weighted by Crippen LogP contribution is 2.36. The van der Waals surface area contributed by atoms with Crippen LogP contribution in [-0.2, 0) is 28.5 Å². The van der Waals surface area contributed by atoms with Gasteiger partial charge >= 0.3 is 17.8 Å². The molecule has 3 aromatic rings. The summed E-state index contributed by atoms with van der Waals surface area (Å²) in [6, 6.07) is 15.3. The number of nitrogens with one attached hydrogen (secondary N) is 2. The molecular formula is C50H85Br2Cl2N11O17. The maximum absolute atomic E-state index is 11.0. The standard InChI is InChI=1S/C13H13BrN4O2.C11H7BrN2O.C8H16N2O4.C6H13NO2.C6H12O6.C3H10N2O2.3CH4.2ClH/c1-16-12-11(8-2-4-9(14)5-3-8)17-18(13(12)15)10(6-19)7-20;1-14-10(7-13)11(15-2)8-3-5-9(12)6-4-8;1-8(2,3)14-7(13)10-9-6(4-11)5-12;1-6(2,3)9-5(8)4-7;7-1-5(9)3-12-6(10,2-8)4-11-5;4-5-3(1-6)2-7;;;;;/h2-5,10,19-20H,6-7,15H2;3-6H,2H3;11-12H,4-5H2,1-3H3,(H,10,13);4,7H2,1-3H3;7-10H,1-4H2;3,5-7H,1-2,4H2;3*1H4;2*1H/b;11-10+;;;;;;;;;. The minimum absolute atomic E-state index is 0. The quantitative estimate of drug-likeness (QED) is 0.0197. The number of aliphatic hydroxyl groups excluding tert-OH is 8. The maximum atomic E-state index is 11.0. The Balaban J connectivity index is -0.000000167. The van der Waals surface area contributed by atoms with Crippen LogP contribution in [-0.4, -0.2) is 187 Å². The highest BCUT2D eigenvalue weighted by Gasteiger charge is 2.42. The lowest BCUT2D eigenvalue weighted by molar-refractivity contribution is -0.377. The van der Waals surface area contributed by atoms with Gasteiger partial charge in [0.2, 0.25) is 11.6 Å². The first-order chi connectivity index (χ1) is 36.1. The predicted molar refractivity (Wildman–Crippen MR) is 321 cm³/mol. The van der Waals surface area contributed by atoms with Crippen molar-refractivity contribution in [3.05, 3.63) is 91.6 Å². The van der Waals surface area contributed by atoms with E-state index in [0.717, 1.165) is 14.5 Å². The number of amides is 1. The third-order valence-electron chi connectivity index (χ3n) is 8.62. The molecule has 1 fully saturated rings. The molecule has 2 aromatic carbocycles. The van der Waals surface area contributed by atoms with E-state index in [9.17, 15) is 30.0 Å². The van der Waals surface area contributed by atoms with Crippen LogP contribution in [0.25, 0.3) is 26.7 Å². The number of allylic oxidation sites excluding steroid dienone is 1. The van der Waals surface area contributed by atoms with Crippen molar-refractivity contribution in [1.29, 1.82) is 5.26 Å². The summed E-state index contributed by atoms with van der Waals surface area (Å²) in [5.41, 5.74) is 16.3. The van der Waals surface area contributed by atoms with Crippen LogP contribution in [0.3, 0.4) is 0 Å². The number of carbonyl (C=O) groups is 2. The number of hydrogen-bond acceptors (Lipinski definition) is 24. The number of nitriles is 1. The van der Waals surface area contributed by atoms with Gasteiger partial charge in [-0.15, -0.1) is 24.8 Å². The van der Waals surface area contributed by atoms with Crippen LogP contribution in [0.4, 0.5) is 16.3 Å². The van der Waals surface area contributed by atoms with Crippen molar-refractivity contribution in [2.45, 2.75) is 98.7 Å². The normalized spacial score (nSPS) is 14.8. The Kier molecular flexibility index (Phi) is 52.1. The van der Waals surface area contributed by atoms with Gasteiger partial charge in [0, 0.05) is 14.5 Å². The van der Waals surface area contributed by atoms with E-state index in [1.54, 1.807) is 59.7 Å². The van der Waals surface area contributed by atoms with E-state index in [0.29, 0.717) is 17.0 Å². The van der Waals surface area contributed by atoms with Gasteiger partial charge in [0.05, 0.1) is 104 Å². The summed E-state index contributed by atoms with van der Waals surface area (Å²) in [6.45, 7) is 20.9. The second-order valence-electron chi connectivity index (χ2n) is 17.2. The molecule has 0 spiro atoms. The molecule has 28 nitrogen and oxygen atoms in total. The van der Waals surface area contributed by atoms with Crippen LogP contribution in [0.2, 0.25) is 0 Å². The molecule has 4 rings (SSSR count). The summed E-state index contributed by atoms with van der Waals surface area (Å²) in [5, 5.41) is 104. The van der Waals surface area contributed by atoms with Crippen molar-refractivity contribution in [3.8, 4) is 17.3 Å². The number of carbonyl (C=O) groups excluding carboxylic acids is 2. The number of nitrogens with two attached hydrogens (primary N) is 3. The Morgan fingerprint density at radius 2 is 1.27 bits per heavy atom. The average molecular weight is 1340 g/mol.